The minimum absolute atomic E-state index is 0.0217. The van der Waals surface area contributed by atoms with Crippen molar-refractivity contribution in [3.8, 4) is 0 Å². The van der Waals surface area contributed by atoms with Gasteiger partial charge in [-0.05, 0) is 47.4 Å². The van der Waals surface area contributed by atoms with Gasteiger partial charge < -0.3 is 10.6 Å². The predicted octanol–water partition coefficient (Wildman–Crippen LogP) is 1.92. The van der Waals surface area contributed by atoms with Crippen LogP contribution < -0.4 is 10.6 Å². The molecule has 86 valence electrons. The molecule has 2 N–H and O–H groups in total. The topological polar surface area (TPSA) is 54.0 Å². The Labute approximate surface area is 103 Å². The summed E-state index contributed by atoms with van der Waals surface area (Å²) in [7, 11) is 0. The van der Waals surface area contributed by atoms with E-state index in [0.717, 1.165) is 31.5 Å². The van der Waals surface area contributed by atoms with Crippen molar-refractivity contribution in [2.24, 2.45) is 0 Å². The Morgan fingerprint density at radius 3 is 3.12 bits per heavy atom. The largest absolute Gasteiger partial charge is 0.322 e. The number of rotatable bonds is 2. The smallest absolute Gasteiger partial charge is 0.241 e. The highest BCUT2D eigenvalue weighted by molar-refractivity contribution is 9.10. The normalized spacial score (nSPS) is 20.4. The zero-order valence-electron chi connectivity index (χ0n) is 8.87. The monoisotopic (exact) mass is 283 g/mol. The Balaban J connectivity index is 1.99. The van der Waals surface area contributed by atoms with Crippen LogP contribution in [0.25, 0.3) is 0 Å². The number of nitrogens with zero attached hydrogens (tertiary/aromatic N) is 1. The maximum Gasteiger partial charge on any atom is 0.241 e. The fourth-order valence-electron chi connectivity index (χ4n) is 1.77. The van der Waals surface area contributed by atoms with Crippen molar-refractivity contribution in [3.63, 3.8) is 0 Å². The molecule has 0 aromatic carbocycles. The number of hydrogen-bond acceptors (Lipinski definition) is 3. The van der Waals surface area contributed by atoms with Crippen molar-refractivity contribution in [3.05, 3.63) is 22.9 Å². The van der Waals surface area contributed by atoms with Gasteiger partial charge in [-0.15, -0.1) is 0 Å². The summed E-state index contributed by atoms with van der Waals surface area (Å²) >= 11 is 3.30. The van der Waals surface area contributed by atoms with Crippen molar-refractivity contribution in [1.29, 1.82) is 0 Å². The molecule has 1 saturated heterocycles. The van der Waals surface area contributed by atoms with Crippen molar-refractivity contribution < 1.29 is 4.79 Å². The van der Waals surface area contributed by atoms with Crippen LogP contribution in [0.5, 0.6) is 0 Å². The van der Waals surface area contributed by atoms with Crippen molar-refractivity contribution in [1.82, 2.24) is 10.3 Å². The number of halogens is 1. The third kappa shape index (κ3) is 2.80. The minimum atomic E-state index is -0.0687. The van der Waals surface area contributed by atoms with Gasteiger partial charge in [0.15, 0.2) is 0 Å². The van der Waals surface area contributed by atoms with Gasteiger partial charge in [-0.2, -0.15) is 0 Å². The molecule has 1 aromatic rings. The average molecular weight is 284 g/mol. The number of aromatic nitrogens is 1. The van der Waals surface area contributed by atoms with Gasteiger partial charge in [0, 0.05) is 6.20 Å². The van der Waals surface area contributed by atoms with Crippen molar-refractivity contribution in [2.75, 3.05) is 11.9 Å². The van der Waals surface area contributed by atoms with Gasteiger partial charge in [-0.1, -0.05) is 6.42 Å². The summed E-state index contributed by atoms with van der Waals surface area (Å²) in [5, 5.41) is 6.08. The summed E-state index contributed by atoms with van der Waals surface area (Å²) in [4.78, 5) is 16.0. The molecule has 16 heavy (non-hydrogen) atoms. The van der Waals surface area contributed by atoms with Crippen LogP contribution in [0.15, 0.2) is 22.9 Å². The summed E-state index contributed by atoms with van der Waals surface area (Å²) in [5.41, 5.74) is 0.722. The van der Waals surface area contributed by atoms with Gasteiger partial charge in [0.25, 0.3) is 0 Å². The van der Waals surface area contributed by atoms with E-state index in [-0.39, 0.29) is 11.9 Å². The quantitative estimate of drug-likeness (QED) is 0.816. The summed E-state index contributed by atoms with van der Waals surface area (Å²) in [6.45, 7) is 0.923. The van der Waals surface area contributed by atoms with Crippen LogP contribution in [0.1, 0.15) is 19.3 Å². The summed E-state index contributed by atoms with van der Waals surface area (Å²) < 4.78 is 0.666. The molecule has 2 rings (SSSR count). The first-order chi connectivity index (χ1) is 7.77. The highest BCUT2D eigenvalue weighted by atomic mass is 79.9. The zero-order valence-corrected chi connectivity index (χ0v) is 10.5. The summed E-state index contributed by atoms with van der Waals surface area (Å²) in [5.74, 6) is 0.0217. The van der Waals surface area contributed by atoms with E-state index >= 15 is 0 Å². The second kappa shape index (κ2) is 5.41. The molecular formula is C11H14BrN3O. The van der Waals surface area contributed by atoms with E-state index in [9.17, 15) is 4.79 Å². The number of pyridine rings is 1. The molecule has 2 heterocycles. The third-order valence-corrected chi connectivity index (χ3v) is 3.28. The van der Waals surface area contributed by atoms with E-state index in [4.69, 9.17) is 0 Å². The minimum Gasteiger partial charge on any atom is -0.322 e. The number of hydrogen-bond donors (Lipinski definition) is 2. The van der Waals surface area contributed by atoms with E-state index in [1.807, 2.05) is 6.07 Å². The van der Waals surface area contributed by atoms with Crippen molar-refractivity contribution >= 4 is 27.5 Å². The van der Waals surface area contributed by atoms with E-state index in [1.165, 1.54) is 0 Å². The molecule has 1 aliphatic rings. The first-order valence-electron chi connectivity index (χ1n) is 5.42. The molecule has 1 aliphatic heterocycles. The second-order valence-electron chi connectivity index (χ2n) is 3.83. The van der Waals surface area contributed by atoms with Gasteiger partial charge in [-0.3, -0.25) is 4.79 Å². The van der Waals surface area contributed by atoms with Crippen molar-refractivity contribution in [2.45, 2.75) is 25.3 Å². The number of piperidine rings is 1. The number of carbonyl (C=O) groups is 1. The Hall–Kier alpha value is -0.940. The van der Waals surface area contributed by atoms with Gasteiger partial charge in [0.2, 0.25) is 5.91 Å². The highest BCUT2D eigenvalue weighted by Crippen LogP contribution is 2.19. The van der Waals surface area contributed by atoms with Gasteiger partial charge in [0.1, 0.15) is 4.60 Å². The molecule has 1 atom stereocenters. The number of anilines is 1. The van der Waals surface area contributed by atoms with Crippen LogP contribution in [0.4, 0.5) is 5.69 Å². The zero-order chi connectivity index (χ0) is 11.4. The molecule has 0 aliphatic carbocycles. The fourth-order valence-corrected chi connectivity index (χ4v) is 2.12. The molecule has 5 heteroatoms. The SMILES string of the molecule is O=C(Nc1cccnc1Br)C1CCCCN1. The lowest BCUT2D eigenvalue weighted by Crippen LogP contribution is -2.43. The number of carbonyl (C=O) groups excluding carboxylic acids is 1. The molecule has 1 amide bonds. The molecule has 0 saturated carbocycles. The maximum atomic E-state index is 11.9. The lowest BCUT2D eigenvalue weighted by Gasteiger charge is -2.22. The third-order valence-electron chi connectivity index (χ3n) is 2.64. The van der Waals surface area contributed by atoms with Crippen LogP contribution in [0, 0.1) is 0 Å². The van der Waals surface area contributed by atoms with Gasteiger partial charge in [-0.25, -0.2) is 4.98 Å². The molecule has 0 radical (unpaired) electrons. The molecule has 1 aromatic heterocycles. The fraction of sp³-hybridized carbons (Fsp3) is 0.455. The number of amides is 1. The van der Waals surface area contributed by atoms with E-state index < -0.39 is 0 Å². The highest BCUT2D eigenvalue weighted by Gasteiger charge is 2.20. The first kappa shape index (κ1) is 11.5. The summed E-state index contributed by atoms with van der Waals surface area (Å²) in [6, 6.07) is 3.56. The van der Waals surface area contributed by atoms with Gasteiger partial charge >= 0.3 is 0 Å². The van der Waals surface area contributed by atoms with E-state index in [2.05, 4.69) is 31.5 Å². The Kier molecular flexibility index (Phi) is 3.90. The first-order valence-corrected chi connectivity index (χ1v) is 6.21. The number of nitrogens with one attached hydrogen (secondary N) is 2. The molecular weight excluding hydrogens is 270 g/mol. The summed E-state index contributed by atoms with van der Waals surface area (Å²) in [6.07, 6.45) is 4.85. The second-order valence-corrected chi connectivity index (χ2v) is 4.58. The molecule has 0 spiro atoms. The average Bonchev–Trinajstić information content (AvgIpc) is 2.33. The van der Waals surface area contributed by atoms with Gasteiger partial charge in [0.05, 0.1) is 11.7 Å². The van der Waals surface area contributed by atoms with E-state index in [0.29, 0.717) is 4.60 Å². The lowest BCUT2D eigenvalue weighted by molar-refractivity contribution is -0.118. The Morgan fingerprint density at radius 2 is 2.44 bits per heavy atom. The van der Waals surface area contributed by atoms with Crippen LogP contribution in [0.3, 0.4) is 0 Å². The lowest BCUT2D eigenvalue weighted by atomic mass is 10.0. The molecule has 1 fully saturated rings. The van der Waals surface area contributed by atoms with Crippen LogP contribution >= 0.6 is 15.9 Å². The van der Waals surface area contributed by atoms with Crippen LogP contribution in [-0.4, -0.2) is 23.5 Å². The Morgan fingerprint density at radius 1 is 1.56 bits per heavy atom. The molecule has 1 unspecified atom stereocenters. The van der Waals surface area contributed by atoms with Crippen LogP contribution in [-0.2, 0) is 4.79 Å². The van der Waals surface area contributed by atoms with Crippen LogP contribution in [0.2, 0.25) is 0 Å². The Bertz CT molecular complexity index is 377. The maximum absolute atomic E-state index is 11.9. The predicted molar refractivity (Wildman–Crippen MR) is 66.2 cm³/mol. The molecule has 0 bridgehead atoms. The van der Waals surface area contributed by atoms with E-state index in [1.54, 1.807) is 12.3 Å². The molecule has 4 nitrogen and oxygen atoms in total. The standard InChI is InChI=1S/C11H14BrN3O/c12-10-8(5-3-7-14-10)15-11(16)9-4-1-2-6-13-9/h3,5,7,9,13H,1-2,4,6H2,(H,15,16).